The molecule has 0 N–H and O–H groups in total. The van der Waals surface area contributed by atoms with E-state index in [0.717, 1.165) is 11.8 Å². The van der Waals surface area contributed by atoms with Crippen molar-refractivity contribution in [1.29, 1.82) is 0 Å². The Labute approximate surface area is 103 Å². The van der Waals surface area contributed by atoms with E-state index in [1.54, 1.807) is 24.3 Å². The molecule has 0 aliphatic heterocycles. The third kappa shape index (κ3) is 4.24. The van der Waals surface area contributed by atoms with Gasteiger partial charge in [0.15, 0.2) is 0 Å². The summed E-state index contributed by atoms with van der Waals surface area (Å²) >= 11 is 6.84. The van der Waals surface area contributed by atoms with Crippen molar-refractivity contribution in [2.24, 2.45) is 0 Å². The van der Waals surface area contributed by atoms with Gasteiger partial charge in [0, 0.05) is 16.3 Å². The van der Waals surface area contributed by atoms with Crippen molar-refractivity contribution in [3.8, 4) is 0 Å². The predicted molar refractivity (Wildman–Crippen MR) is 64.9 cm³/mol. The Bertz CT molecular complexity index is 393. The van der Waals surface area contributed by atoms with Crippen LogP contribution >= 0.6 is 23.4 Å². The third-order valence-corrected chi connectivity index (χ3v) is 2.97. The molecule has 0 radical (unpaired) electrons. The minimum absolute atomic E-state index is 0.0913. The Hall–Kier alpha value is -1.00. The van der Waals surface area contributed by atoms with Gasteiger partial charge in [0.25, 0.3) is 0 Å². The average molecular weight is 259 g/mol. The van der Waals surface area contributed by atoms with Gasteiger partial charge < -0.3 is 4.74 Å². The molecule has 0 fully saturated rings. The second-order valence-corrected chi connectivity index (χ2v) is 4.48. The summed E-state index contributed by atoms with van der Waals surface area (Å²) < 4.78 is 4.47. The first kappa shape index (κ1) is 13.1. The highest BCUT2D eigenvalue weighted by Crippen LogP contribution is 2.17. The lowest BCUT2D eigenvalue weighted by Gasteiger charge is -2.00. The molecular formula is C11H11ClO3S. The molecular weight excluding hydrogens is 248 g/mol. The van der Waals surface area contributed by atoms with Crippen LogP contribution in [0.25, 0.3) is 0 Å². The van der Waals surface area contributed by atoms with Crippen LogP contribution in [0.3, 0.4) is 0 Å². The quantitative estimate of drug-likeness (QED) is 0.779. The number of hydrogen-bond donors (Lipinski definition) is 0. The standard InChI is InChI=1S/C11H11ClO3S/c1-15-10(13)5-6-16-11(14)8-3-2-4-9(12)7-8/h2-4,7H,5-6H2,1H3. The molecule has 0 aromatic heterocycles. The number of benzene rings is 1. The molecule has 0 spiro atoms. The maximum Gasteiger partial charge on any atom is 0.306 e. The lowest BCUT2D eigenvalue weighted by Crippen LogP contribution is -2.03. The van der Waals surface area contributed by atoms with Crippen molar-refractivity contribution in [1.82, 2.24) is 0 Å². The van der Waals surface area contributed by atoms with Gasteiger partial charge in [-0.25, -0.2) is 0 Å². The molecule has 0 atom stereocenters. The van der Waals surface area contributed by atoms with Gasteiger partial charge in [-0.1, -0.05) is 35.5 Å². The first-order valence-corrected chi connectivity index (χ1v) is 5.99. The summed E-state index contributed by atoms with van der Waals surface area (Å²) in [6, 6.07) is 6.72. The number of carbonyl (C=O) groups is 2. The van der Waals surface area contributed by atoms with E-state index in [4.69, 9.17) is 11.6 Å². The van der Waals surface area contributed by atoms with E-state index in [1.165, 1.54) is 7.11 Å². The zero-order valence-electron chi connectivity index (χ0n) is 8.73. The van der Waals surface area contributed by atoms with Gasteiger partial charge in [0.2, 0.25) is 5.12 Å². The zero-order valence-corrected chi connectivity index (χ0v) is 10.3. The highest BCUT2D eigenvalue weighted by molar-refractivity contribution is 8.14. The van der Waals surface area contributed by atoms with Crippen LogP contribution in [0, 0.1) is 0 Å². The van der Waals surface area contributed by atoms with Gasteiger partial charge in [-0.15, -0.1) is 0 Å². The van der Waals surface area contributed by atoms with Crippen LogP contribution in [0.15, 0.2) is 24.3 Å². The summed E-state index contributed by atoms with van der Waals surface area (Å²) in [5.74, 6) is 0.101. The Kier molecular flexibility index (Phi) is 5.35. The molecule has 0 aliphatic rings. The monoisotopic (exact) mass is 258 g/mol. The predicted octanol–water partition coefficient (Wildman–Crippen LogP) is 2.78. The molecule has 16 heavy (non-hydrogen) atoms. The molecule has 1 aromatic rings. The van der Waals surface area contributed by atoms with E-state index in [9.17, 15) is 9.59 Å². The molecule has 86 valence electrons. The minimum atomic E-state index is -0.314. The molecule has 0 saturated carbocycles. The zero-order chi connectivity index (χ0) is 12.0. The molecule has 0 unspecified atom stereocenters. The number of methoxy groups -OCH3 is 1. The van der Waals surface area contributed by atoms with Crippen molar-refractivity contribution in [3.05, 3.63) is 34.9 Å². The number of hydrogen-bond acceptors (Lipinski definition) is 4. The summed E-state index contributed by atoms with van der Waals surface area (Å²) in [5, 5.41) is 0.436. The third-order valence-electron chi connectivity index (χ3n) is 1.83. The second-order valence-electron chi connectivity index (χ2n) is 2.97. The van der Waals surface area contributed by atoms with Gasteiger partial charge in [-0.2, -0.15) is 0 Å². The Morgan fingerprint density at radius 1 is 1.44 bits per heavy atom. The van der Waals surface area contributed by atoms with E-state index in [1.807, 2.05) is 0 Å². The molecule has 0 heterocycles. The number of ether oxygens (including phenoxy) is 1. The summed E-state index contributed by atoms with van der Waals surface area (Å²) in [5.41, 5.74) is 0.544. The van der Waals surface area contributed by atoms with E-state index in [-0.39, 0.29) is 17.5 Å². The number of rotatable bonds is 4. The maximum absolute atomic E-state index is 11.6. The topological polar surface area (TPSA) is 43.4 Å². The number of thioether (sulfide) groups is 1. The normalized spacial score (nSPS) is 9.88. The maximum atomic E-state index is 11.6. The average Bonchev–Trinajstić information content (AvgIpc) is 2.28. The summed E-state index contributed by atoms with van der Waals surface area (Å²) in [6.07, 6.45) is 0.230. The molecule has 1 rings (SSSR count). The highest BCUT2D eigenvalue weighted by atomic mass is 35.5. The lowest BCUT2D eigenvalue weighted by molar-refractivity contribution is -0.140. The first-order valence-electron chi connectivity index (χ1n) is 4.63. The van der Waals surface area contributed by atoms with Crippen LogP contribution in [0.1, 0.15) is 16.8 Å². The van der Waals surface area contributed by atoms with Gasteiger partial charge in [0.1, 0.15) is 0 Å². The number of halogens is 1. The first-order chi connectivity index (χ1) is 7.63. The highest BCUT2D eigenvalue weighted by Gasteiger charge is 2.08. The van der Waals surface area contributed by atoms with Gasteiger partial charge in [-0.3, -0.25) is 9.59 Å². The van der Waals surface area contributed by atoms with E-state index < -0.39 is 0 Å². The van der Waals surface area contributed by atoms with Crippen molar-refractivity contribution in [3.63, 3.8) is 0 Å². The SMILES string of the molecule is COC(=O)CCSC(=O)c1cccc(Cl)c1. The molecule has 1 aromatic carbocycles. The lowest BCUT2D eigenvalue weighted by atomic mass is 10.2. The van der Waals surface area contributed by atoms with Crippen LogP contribution in [-0.2, 0) is 9.53 Å². The Morgan fingerprint density at radius 3 is 2.81 bits per heavy atom. The van der Waals surface area contributed by atoms with Crippen LogP contribution in [-0.4, -0.2) is 23.9 Å². The Balaban J connectivity index is 2.44. The van der Waals surface area contributed by atoms with Crippen molar-refractivity contribution in [2.75, 3.05) is 12.9 Å². The van der Waals surface area contributed by atoms with Gasteiger partial charge in [0.05, 0.1) is 13.5 Å². The van der Waals surface area contributed by atoms with Crippen LogP contribution in [0.4, 0.5) is 0 Å². The largest absolute Gasteiger partial charge is 0.469 e. The van der Waals surface area contributed by atoms with Crippen LogP contribution in [0.2, 0.25) is 5.02 Å². The number of esters is 1. The van der Waals surface area contributed by atoms with E-state index >= 15 is 0 Å². The van der Waals surface area contributed by atoms with Gasteiger partial charge in [-0.05, 0) is 12.1 Å². The van der Waals surface area contributed by atoms with Crippen molar-refractivity contribution < 1.29 is 14.3 Å². The number of carbonyl (C=O) groups excluding carboxylic acids is 2. The molecule has 5 heteroatoms. The fourth-order valence-electron chi connectivity index (χ4n) is 1.03. The summed E-state index contributed by atoms with van der Waals surface area (Å²) in [6.45, 7) is 0. The van der Waals surface area contributed by atoms with Crippen molar-refractivity contribution in [2.45, 2.75) is 6.42 Å². The fourth-order valence-corrected chi connectivity index (χ4v) is 1.97. The van der Waals surface area contributed by atoms with E-state index in [2.05, 4.69) is 4.74 Å². The fraction of sp³-hybridized carbons (Fsp3) is 0.273. The molecule has 0 amide bonds. The van der Waals surface area contributed by atoms with Crippen LogP contribution < -0.4 is 0 Å². The van der Waals surface area contributed by atoms with Crippen LogP contribution in [0.5, 0.6) is 0 Å². The molecule has 0 bridgehead atoms. The minimum Gasteiger partial charge on any atom is -0.469 e. The molecule has 3 nitrogen and oxygen atoms in total. The second kappa shape index (κ2) is 6.55. The molecule has 0 aliphatic carbocycles. The smallest absolute Gasteiger partial charge is 0.306 e. The van der Waals surface area contributed by atoms with Gasteiger partial charge >= 0.3 is 5.97 Å². The summed E-state index contributed by atoms with van der Waals surface area (Å²) in [7, 11) is 1.33. The van der Waals surface area contributed by atoms with Crippen molar-refractivity contribution >= 4 is 34.4 Å². The summed E-state index contributed by atoms with van der Waals surface area (Å²) in [4.78, 5) is 22.4. The van der Waals surface area contributed by atoms with E-state index in [0.29, 0.717) is 16.3 Å². The Morgan fingerprint density at radius 2 is 2.19 bits per heavy atom. The molecule has 0 saturated heterocycles.